The van der Waals surface area contributed by atoms with E-state index in [1.165, 1.54) is 193 Å². The molecule has 3 nitrogen and oxygen atoms in total. The van der Waals surface area contributed by atoms with E-state index in [1.54, 1.807) is 0 Å². The summed E-state index contributed by atoms with van der Waals surface area (Å²) in [5, 5.41) is 0. The van der Waals surface area contributed by atoms with Gasteiger partial charge in [-0.15, -0.1) is 0 Å². The molecular weight excluding hydrogens is 514 g/mol. The Kier molecular flexibility index (Phi) is 35.3. The zero-order valence-electron chi connectivity index (χ0n) is 29.3. The largest absolute Gasteiger partial charge is 0.349 e. The minimum atomic E-state index is -0.856. The van der Waals surface area contributed by atoms with Crippen LogP contribution in [0.4, 0.5) is 0 Å². The molecule has 0 aliphatic carbocycles. The molecule has 0 amide bonds. The highest BCUT2D eigenvalue weighted by molar-refractivity contribution is 4.74. The van der Waals surface area contributed by atoms with Gasteiger partial charge in [0.15, 0.2) is 5.79 Å². The van der Waals surface area contributed by atoms with Crippen LogP contribution in [0, 0.1) is 6.92 Å². The van der Waals surface area contributed by atoms with Gasteiger partial charge in [-0.25, -0.2) is 0 Å². The number of hydrogen-bond donors (Lipinski definition) is 1. The minimum absolute atomic E-state index is 0.324. The first-order valence-electron chi connectivity index (χ1n) is 19.5. The first-order valence-corrected chi connectivity index (χ1v) is 19.5. The molecule has 0 spiro atoms. The maximum atomic E-state index is 5.97. The Hall–Kier alpha value is -0.120. The molecule has 0 aromatic carbocycles. The molecule has 0 aliphatic rings. The predicted octanol–water partition coefficient (Wildman–Crippen LogP) is 13.0. The maximum Gasteiger partial charge on any atom is 0.180 e. The number of hydrogen-bond acceptors (Lipinski definition) is 3. The zero-order chi connectivity index (χ0) is 30.7. The molecular formula is C39H80NO2. The normalized spacial score (nSPS) is 12.0. The van der Waals surface area contributed by atoms with Gasteiger partial charge in [0.05, 0.1) is 13.2 Å². The molecule has 0 aromatic heterocycles. The van der Waals surface area contributed by atoms with Crippen molar-refractivity contribution in [2.75, 3.05) is 19.8 Å². The summed E-state index contributed by atoms with van der Waals surface area (Å²) in [7, 11) is 0. The van der Waals surface area contributed by atoms with Crippen molar-refractivity contribution in [3.05, 3.63) is 6.92 Å². The van der Waals surface area contributed by atoms with Crippen molar-refractivity contribution < 1.29 is 9.47 Å². The first kappa shape index (κ1) is 41.9. The summed E-state index contributed by atoms with van der Waals surface area (Å²) in [5.74, 6) is -0.856. The van der Waals surface area contributed by atoms with Gasteiger partial charge in [-0.2, -0.15) is 0 Å². The standard InChI is InChI=1S/C39H80NO2/c1-4-6-8-10-12-14-16-18-20-22-24-26-28-30-32-34-36-41-39(3,38-40)42-37-35-33-31-29-27-25-23-21-19-17-15-13-11-9-7-5-2/h3-38,40H2,1-2H3. The third-order valence-electron chi connectivity index (χ3n) is 9.04. The number of unbranched alkanes of at least 4 members (excludes halogenated alkanes) is 30. The fourth-order valence-electron chi connectivity index (χ4n) is 5.98. The van der Waals surface area contributed by atoms with Crippen LogP contribution in [0.5, 0.6) is 0 Å². The molecule has 1 radical (unpaired) electrons. The third-order valence-corrected chi connectivity index (χ3v) is 9.04. The van der Waals surface area contributed by atoms with E-state index in [0.29, 0.717) is 19.8 Å². The topological polar surface area (TPSA) is 44.5 Å². The van der Waals surface area contributed by atoms with E-state index in [2.05, 4.69) is 20.8 Å². The third kappa shape index (κ3) is 32.8. The lowest BCUT2D eigenvalue weighted by molar-refractivity contribution is -0.201. The molecule has 0 fully saturated rings. The summed E-state index contributed by atoms with van der Waals surface area (Å²) in [5.41, 5.74) is 5.94. The van der Waals surface area contributed by atoms with E-state index in [1.807, 2.05) is 0 Å². The van der Waals surface area contributed by atoms with Gasteiger partial charge in [0.2, 0.25) is 0 Å². The van der Waals surface area contributed by atoms with Crippen LogP contribution in [0.25, 0.3) is 0 Å². The molecule has 0 saturated carbocycles. The van der Waals surface area contributed by atoms with Crippen LogP contribution in [0.15, 0.2) is 0 Å². The summed E-state index contributed by atoms with van der Waals surface area (Å²) in [6.45, 7) is 10.5. The van der Waals surface area contributed by atoms with Crippen LogP contribution in [0.1, 0.15) is 219 Å². The van der Waals surface area contributed by atoms with Crippen LogP contribution in [-0.4, -0.2) is 25.5 Å². The Morgan fingerprint density at radius 2 is 0.548 bits per heavy atom. The second kappa shape index (κ2) is 35.4. The van der Waals surface area contributed by atoms with Crippen molar-refractivity contribution >= 4 is 0 Å². The van der Waals surface area contributed by atoms with Crippen LogP contribution >= 0.6 is 0 Å². The number of rotatable bonds is 37. The first-order chi connectivity index (χ1) is 20.7. The average Bonchev–Trinajstić information content (AvgIpc) is 3.00. The van der Waals surface area contributed by atoms with Crippen molar-refractivity contribution in [3.63, 3.8) is 0 Å². The van der Waals surface area contributed by atoms with Gasteiger partial charge in [-0.05, 0) is 12.8 Å². The van der Waals surface area contributed by atoms with Crippen molar-refractivity contribution in [2.24, 2.45) is 5.73 Å². The Bertz CT molecular complexity index is 445. The van der Waals surface area contributed by atoms with Gasteiger partial charge in [0, 0.05) is 13.5 Å². The van der Waals surface area contributed by atoms with E-state index in [4.69, 9.17) is 15.2 Å². The summed E-state index contributed by atoms with van der Waals surface area (Å²) in [6.07, 6.45) is 44.3. The molecule has 0 atom stereocenters. The van der Waals surface area contributed by atoms with Gasteiger partial charge in [-0.3, -0.25) is 0 Å². The van der Waals surface area contributed by atoms with Crippen LogP contribution < -0.4 is 5.73 Å². The summed E-state index contributed by atoms with van der Waals surface area (Å²) in [4.78, 5) is 0. The lowest BCUT2D eigenvalue weighted by Gasteiger charge is -2.28. The fourth-order valence-corrected chi connectivity index (χ4v) is 5.98. The summed E-state index contributed by atoms with van der Waals surface area (Å²) >= 11 is 0. The van der Waals surface area contributed by atoms with E-state index in [0.717, 1.165) is 12.8 Å². The highest BCUT2D eigenvalue weighted by Gasteiger charge is 2.23. The Balaban J connectivity index is 3.37. The molecule has 42 heavy (non-hydrogen) atoms. The predicted molar refractivity (Wildman–Crippen MR) is 188 cm³/mol. The summed E-state index contributed by atoms with van der Waals surface area (Å²) < 4.78 is 11.9. The second-order valence-corrected chi connectivity index (χ2v) is 13.4. The van der Waals surface area contributed by atoms with Gasteiger partial charge < -0.3 is 15.2 Å². The lowest BCUT2D eigenvalue weighted by Crippen LogP contribution is -2.41. The van der Waals surface area contributed by atoms with Gasteiger partial charge in [0.25, 0.3) is 0 Å². The molecule has 0 saturated heterocycles. The molecule has 0 heterocycles. The Morgan fingerprint density at radius 3 is 0.738 bits per heavy atom. The highest BCUT2D eigenvalue weighted by Crippen LogP contribution is 2.17. The number of ether oxygens (including phenoxy) is 2. The van der Waals surface area contributed by atoms with Crippen LogP contribution in [0.2, 0.25) is 0 Å². The second-order valence-electron chi connectivity index (χ2n) is 13.4. The molecule has 0 unspecified atom stereocenters. The minimum Gasteiger partial charge on any atom is -0.349 e. The molecule has 2 N–H and O–H groups in total. The monoisotopic (exact) mass is 595 g/mol. The molecule has 0 aliphatic heterocycles. The quantitative estimate of drug-likeness (QED) is 0.0574. The lowest BCUT2D eigenvalue weighted by atomic mass is 10.0. The number of nitrogens with two attached hydrogens (primary N) is 1. The molecule has 0 rings (SSSR count). The van der Waals surface area contributed by atoms with E-state index in [9.17, 15) is 0 Å². The highest BCUT2D eigenvalue weighted by atomic mass is 16.7. The smallest absolute Gasteiger partial charge is 0.180 e. The van der Waals surface area contributed by atoms with Gasteiger partial charge >= 0.3 is 0 Å². The fraction of sp³-hybridized carbons (Fsp3) is 0.974. The molecule has 253 valence electrons. The average molecular weight is 595 g/mol. The van der Waals surface area contributed by atoms with E-state index in [-0.39, 0.29) is 0 Å². The maximum absolute atomic E-state index is 5.97. The van der Waals surface area contributed by atoms with Gasteiger partial charge in [0.1, 0.15) is 0 Å². The van der Waals surface area contributed by atoms with Crippen LogP contribution in [0.3, 0.4) is 0 Å². The van der Waals surface area contributed by atoms with E-state index >= 15 is 0 Å². The Labute approximate surface area is 266 Å². The molecule has 0 bridgehead atoms. The van der Waals surface area contributed by atoms with Crippen molar-refractivity contribution in [2.45, 2.75) is 225 Å². The SMILES string of the molecule is [CH2]C(CN)(OCCCCCCCCCCCCCCCCCC)OCCCCCCCCCCCCCCCCCC. The zero-order valence-corrected chi connectivity index (χ0v) is 29.3. The van der Waals surface area contributed by atoms with Crippen LogP contribution in [-0.2, 0) is 9.47 Å². The summed E-state index contributed by atoms with van der Waals surface area (Å²) in [6, 6.07) is 0. The van der Waals surface area contributed by atoms with E-state index < -0.39 is 5.79 Å². The Morgan fingerprint density at radius 1 is 0.357 bits per heavy atom. The van der Waals surface area contributed by atoms with Crippen molar-refractivity contribution in [1.82, 2.24) is 0 Å². The molecule has 3 heteroatoms. The van der Waals surface area contributed by atoms with Crippen molar-refractivity contribution in [1.29, 1.82) is 0 Å². The molecule has 0 aromatic rings. The van der Waals surface area contributed by atoms with Gasteiger partial charge in [-0.1, -0.05) is 206 Å². The van der Waals surface area contributed by atoms with Crippen molar-refractivity contribution in [3.8, 4) is 0 Å².